The van der Waals surface area contributed by atoms with E-state index < -0.39 is 0 Å². The zero-order chi connectivity index (χ0) is 12.1. The van der Waals surface area contributed by atoms with E-state index in [1.165, 1.54) is 10.4 Å². The van der Waals surface area contributed by atoms with Crippen molar-refractivity contribution in [2.24, 2.45) is 5.92 Å². The fourth-order valence-electron chi connectivity index (χ4n) is 2.22. The molecule has 2 rings (SSSR count). The van der Waals surface area contributed by atoms with Crippen LogP contribution >= 0.6 is 11.3 Å². The molecule has 1 fully saturated rings. The van der Waals surface area contributed by atoms with Crippen LogP contribution in [0.25, 0.3) is 0 Å². The Hall–Kier alpha value is -0.870. The summed E-state index contributed by atoms with van der Waals surface area (Å²) >= 11 is 1.73. The van der Waals surface area contributed by atoms with E-state index in [-0.39, 0.29) is 11.8 Å². The highest BCUT2D eigenvalue weighted by Gasteiger charge is 2.20. The number of rotatable bonds is 4. The molecular formula is C13H20N2OS. The quantitative estimate of drug-likeness (QED) is 0.859. The van der Waals surface area contributed by atoms with E-state index >= 15 is 0 Å². The summed E-state index contributed by atoms with van der Waals surface area (Å²) in [6.07, 6.45) is 3.17. The van der Waals surface area contributed by atoms with Crippen LogP contribution in [-0.4, -0.2) is 19.0 Å². The van der Waals surface area contributed by atoms with Crippen LogP contribution in [0, 0.1) is 5.92 Å². The molecule has 0 radical (unpaired) electrons. The molecule has 1 aromatic rings. The van der Waals surface area contributed by atoms with Gasteiger partial charge in [-0.3, -0.25) is 4.79 Å². The number of aryl methyl sites for hydroxylation is 1. The predicted octanol–water partition coefficient (Wildman–Crippen LogP) is 1.93. The van der Waals surface area contributed by atoms with Crippen LogP contribution in [0.1, 0.15) is 30.2 Å². The van der Waals surface area contributed by atoms with E-state index in [9.17, 15) is 4.79 Å². The first-order valence-electron chi connectivity index (χ1n) is 6.35. The molecule has 1 atom stereocenters. The Morgan fingerprint density at radius 3 is 3.24 bits per heavy atom. The van der Waals surface area contributed by atoms with E-state index in [0.29, 0.717) is 6.54 Å². The van der Waals surface area contributed by atoms with Gasteiger partial charge in [-0.1, -0.05) is 6.92 Å². The molecule has 0 saturated carbocycles. The lowest BCUT2D eigenvalue weighted by Gasteiger charge is -2.21. The normalized spacial score (nSPS) is 20.2. The van der Waals surface area contributed by atoms with Crippen LogP contribution in [0.5, 0.6) is 0 Å². The second kappa shape index (κ2) is 6.17. The van der Waals surface area contributed by atoms with Gasteiger partial charge >= 0.3 is 0 Å². The Kier molecular flexibility index (Phi) is 4.57. The third-order valence-corrected chi connectivity index (χ3v) is 4.27. The third kappa shape index (κ3) is 3.30. The number of hydrogen-bond acceptors (Lipinski definition) is 3. The van der Waals surface area contributed by atoms with Crippen molar-refractivity contribution < 1.29 is 4.79 Å². The van der Waals surface area contributed by atoms with Crippen molar-refractivity contribution in [3.05, 3.63) is 21.9 Å². The molecule has 0 aromatic carbocycles. The number of piperidine rings is 1. The Balaban J connectivity index is 1.83. The Bertz CT molecular complexity index is 369. The lowest BCUT2D eigenvalue weighted by atomic mass is 9.99. The molecule has 2 N–H and O–H groups in total. The lowest BCUT2D eigenvalue weighted by Crippen LogP contribution is -2.40. The van der Waals surface area contributed by atoms with Crippen LogP contribution < -0.4 is 10.6 Å². The molecule has 1 amide bonds. The van der Waals surface area contributed by atoms with E-state index in [1.807, 2.05) is 0 Å². The van der Waals surface area contributed by atoms with E-state index in [0.717, 1.165) is 32.4 Å². The average Bonchev–Trinajstić information content (AvgIpc) is 2.84. The van der Waals surface area contributed by atoms with Crippen LogP contribution in [0.2, 0.25) is 0 Å². The zero-order valence-electron chi connectivity index (χ0n) is 10.3. The second-order valence-electron chi connectivity index (χ2n) is 4.48. The van der Waals surface area contributed by atoms with Gasteiger partial charge in [0.05, 0.1) is 12.5 Å². The maximum absolute atomic E-state index is 11.9. The molecule has 2 heterocycles. The lowest BCUT2D eigenvalue weighted by molar-refractivity contribution is -0.125. The first-order chi connectivity index (χ1) is 8.31. The summed E-state index contributed by atoms with van der Waals surface area (Å²) in [6, 6.07) is 2.15. The van der Waals surface area contributed by atoms with Crippen molar-refractivity contribution in [2.45, 2.75) is 32.7 Å². The standard InChI is InChI=1S/C13H20N2OS/c1-2-10-5-7-17-12(10)9-15-13(16)11-4-3-6-14-8-11/h5,7,11,14H,2-4,6,8-9H2,1H3,(H,15,16). The van der Waals surface area contributed by atoms with Gasteiger partial charge in [-0.25, -0.2) is 0 Å². The van der Waals surface area contributed by atoms with Crippen LogP contribution in [0.4, 0.5) is 0 Å². The fourth-order valence-corrected chi connectivity index (χ4v) is 3.14. The summed E-state index contributed by atoms with van der Waals surface area (Å²) in [6.45, 7) is 4.72. The van der Waals surface area contributed by atoms with Gasteiger partial charge in [0.25, 0.3) is 0 Å². The van der Waals surface area contributed by atoms with Gasteiger partial charge in [-0.2, -0.15) is 0 Å². The molecular weight excluding hydrogens is 232 g/mol. The Morgan fingerprint density at radius 2 is 2.53 bits per heavy atom. The first kappa shape index (κ1) is 12.6. The molecule has 1 aromatic heterocycles. The summed E-state index contributed by atoms with van der Waals surface area (Å²) in [7, 11) is 0. The fraction of sp³-hybridized carbons (Fsp3) is 0.615. The molecule has 94 valence electrons. The predicted molar refractivity (Wildman–Crippen MR) is 71.1 cm³/mol. The molecule has 1 unspecified atom stereocenters. The van der Waals surface area contributed by atoms with E-state index in [2.05, 4.69) is 29.0 Å². The smallest absolute Gasteiger partial charge is 0.224 e. The van der Waals surface area contributed by atoms with Gasteiger partial charge in [0, 0.05) is 11.4 Å². The van der Waals surface area contributed by atoms with Crippen LogP contribution in [0.3, 0.4) is 0 Å². The van der Waals surface area contributed by atoms with Crippen molar-refractivity contribution in [2.75, 3.05) is 13.1 Å². The molecule has 1 aliphatic rings. The number of nitrogens with one attached hydrogen (secondary N) is 2. The van der Waals surface area contributed by atoms with Gasteiger partial charge in [0.1, 0.15) is 0 Å². The monoisotopic (exact) mass is 252 g/mol. The molecule has 1 saturated heterocycles. The largest absolute Gasteiger partial charge is 0.351 e. The van der Waals surface area contributed by atoms with Crippen molar-refractivity contribution in [3.8, 4) is 0 Å². The van der Waals surface area contributed by atoms with Crippen molar-refractivity contribution in [1.82, 2.24) is 10.6 Å². The van der Waals surface area contributed by atoms with Crippen LogP contribution in [0.15, 0.2) is 11.4 Å². The minimum atomic E-state index is 0.161. The molecule has 0 bridgehead atoms. The van der Waals surface area contributed by atoms with Crippen molar-refractivity contribution in [1.29, 1.82) is 0 Å². The van der Waals surface area contributed by atoms with Crippen LogP contribution in [-0.2, 0) is 17.8 Å². The third-order valence-electron chi connectivity index (χ3n) is 3.31. The molecule has 4 heteroatoms. The van der Waals surface area contributed by atoms with Gasteiger partial charge in [0.15, 0.2) is 0 Å². The minimum Gasteiger partial charge on any atom is -0.351 e. The number of amides is 1. The Morgan fingerprint density at radius 1 is 1.65 bits per heavy atom. The summed E-state index contributed by atoms with van der Waals surface area (Å²) in [5, 5.41) is 8.43. The minimum absolute atomic E-state index is 0.161. The second-order valence-corrected chi connectivity index (χ2v) is 5.48. The zero-order valence-corrected chi connectivity index (χ0v) is 11.1. The van der Waals surface area contributed by atoms with Crippen molar-refractivity contribution >= 4 is 17.2 Å². The average molecular weight is 252 g/mol. The maximum Gasteiger partial charge on any atom is 0.224 e. The van der Waals surface area contributed by atoms with Gasteiger partial charge in [-0.15, -0.1) is 11.3 Å². The number of carbonyl (C=O) groups excluding carboxylic acids is 1. The number of carbonyl (C=O) groups is 1. The molecule has 1 aliphatic heterocycles. The summed E-state index contributed by atoms with van der Waals surface area (Å²) in [5.41, 5.74) is 1.36. The molecule has 3 nitrogen and oxygen atoms in total. The molecule has 17 heavy (non-hydrogen) atoms. The number of hydrogen-bond donors (Lipinski definition) is 2. The highest BCUT2D eigenvalue weighted by molar-refractivity contribution is 7.10. The van der Waals surface area contributed by atoms with Gasteiger partial charge < -0.3 is 10.6 Å². The first-order valence-corrected chi connectivity index (χ1v) is 7.23. The highest BCUT2D eigenvalue weighted by Crippen LogP contribution is 2.17. The topological polar surface area (TPSA) is 41.1 Å². The molecule has 0 spiro atoms. The SMILES string of the molecule is CCc1ccsc1CNC(=O)C1CCCNC1. The highest BCUT2D eigenvalue weighted by atomic mass is 32.1. The summed E-state index contributed by atoms with van der Waals surface area (Å²) in [5.74, 6) is 0.362. The molecule has 0 aliphatic carbocycles. The van der Waals surface area contributed by atoms with Crippen molar-refractivity contribution in [3.63, 3.8) is 0 Å². The van der Waals surface area contributed by atoms with Gasteiger partial charge in [-0.05, 0) is 42.8 Å². The summed E-state index contributed by atoms with van der Waals surface area (Å²) < 4.78 is 0. The van der Waals surface area contributed by atoms with E-state index in [4.69, 9.17) is 0 Å². The number of thiophene rings is 1. The Labute approximate surface area is 107 Å². The van der Waals surface area contributed by atoms with E-state index in [1.54, 1.807) is 11.3 Å². The summed E-state index contributed by atoms with van der Waals surface area (Å²) in [4.78, 5) is 13.2. The maximum atomic E-state index is 11.9. The van der Waals surface area contributed by atoms with Gasteiger partial charge in [0.2, 0.25) is 5.91 Å².